The second kappa shape index (κ2) is 5.25. The van der Waals surface area contributed by atoms with Crippen molar-refractivity contribution in [1.29, 1.82) is 0 Å². The van der Waals surface area contributed by atoms with Gasteiger partial charge in [0.1, 0.15) is 11.6 Å². The normalized spacial score (nSPS) is 11.7. The van der Waals surface area contributed by atoms with Gasteiger partial charge in [0.15, 0.2) is 5.82 Å². The van der Waals surface area contributed by atoms with Crippen molar-refractivity contribution in [3.8, 4) is 17.1 Å². The summed E-state index contributed by atoms with van der Waals surface area (Å²) in [5.74, 6) is 2.24. The molecule has 108 valence electrons. The first kappa shape index (κ1) is 14.5. The smallest absolute Gasteiger partial charge is 0.158 e. The zero-order chi connectivity index (χ0) is 14.9. The fourth-order valence-corrected chi connectivity index (χ4v) is 2.10. The van der Waals surface area contributed by atoms with E-state index in [0.29, 0.717) is 12.4 Å². The Balaban J connectivity index is 2.47. The van der Waals surface area contributed by atoms with Gasteiger partial charge in [-0.25, -0.2) is 9.67 Å². The SMILES string of the molecule is COc1cc(-c2nc(C)nn2CC(C)(C)O)ccc1C. The Kier molecular flexibility index (Phi) is 3.81. The number of nitrogens with zero attached hydrogens (tertiary/aromatic N) is 3. The fourth-order valence-electron chi connectivity index (χ4n) is 2.10. The highest BCUT2D eigenvalue weighted by Crippen LogP contribution is 2.26. The van der Waals surface area contributed by atoms with Crippen molar-refractivity contribution in [3.05, 3.63) is 29.6 Å². The second-order valence-corrected chi connectivity index (χ2v) is 5.64. The molecule has 0 radical (unpaired) electrons. The summed E-state index contributed by atoms with van der Waals surface area (Å²) >= 11 is 0. The van der Waals surface area contributed by atoms with E-state index in [0.717, 1.165) is 22.7 Å². The van der Waals surface area contributed by atoms with Gasteiger partial charge < -0.3 is 9.84 Å². The minimum atomic E-state index is -0.844. The van der Waals surface area contributed by atoms with E-state index in [9.17, 15) is 5.11 Å². The van der Waals surface area contributed by atoms with Crippen molar-refractivity contribution in [2.75, 3.05) is 7.11 Å². The Labute approximate surface area is 119 Å². The predicted octanol–water partition coefficient (Wildman–Crippen LogP) is 2.34. The maximum atomic E-state index is 9.98. The lowest BCUT2D eigenvalue weighted by molar-refractivity contribution is 0.0581. The monoisotopic (exact) mass is 275 g/mol. The summed E-state index contributed by atoms with van der Waals surface area (Å²) in [5, 5.41) is 14.3. The van der Waals surface area contributed by atoms with Crippen molar-refractivity contribution in [1.82, 2.24) is 14.8 Å². The fraction of sp³-hybridized carbons (Fsp3) is 0.467. The molecule has 0 saturated carbocycles. The highest BCUT2D eigenvalue weighted by molar-refractivity contribution is 5.59. The van der Waals surface area contributed by atoms with E-state index in [1.54, 1.807) is 25.6 Å². The van der Waals surface area contributed by atoms with Crippen molar-refractivity contribution < 1.29 is 9.84 Å². The standard InChI is InChI=1S/C15H21N3O2/c1-10-6-7-12(8-13(10)20-5)14-16-11(2)17-18(14)9-15(3,4)19/h6-8,19H,9H2,1-5H3. The number of aryl methyl sites for hydroxylation is 2. The van der Waals surface area contributed by atoms with Crippen molar-refractivity contribution in [2.24, 2.45) is 0 Å². The molecule has 5 heteroatoms. The Bertz CT molecular complexity index is 612. The number of aliphatic hydroxyl groups is 1. The lowest BCUT2D eigenvalue weighted by Crippen LogP contribution is -2.27. The lowest BCUT2D eigenvalue weighted by Gasteiger charge is -2.18. The van der Waals surface area contributed by atoms with Crippen LogP contribution in [0.3, 0.4) is 0 Å². The van der Waals surface area contributed by atoms with Crippen LogP contribution in [-0.4, -0.2) is 32.6 Å². The number of ether oxygens (including phenoxy) is 1. The van der Waals surface area contributed by atoms with Crippen LogP contribution in [0.25, 0.3) is 11.4 Å². The molecular weight excluding hydrogens is 254 g/mol. The van der Waals surface area contributed by atoms with Crippen LogP contribution in [0, 0.1) is 13.8 Å². The van der Waals surface area contributed by atoms with E-state index >= 15 is 0 Å². The zero-order valence-electron chi connectivity index (χ0n) is 12.6. The van der Waals surface area contributed by atoms with Crippen molar-refractivity contribution in [3.63, 3.8) is 0 Å². The maximum Gasteiger partial charge on any atom is 0.158 e. The van der Waals surface area contributed by atoms with Crippen molar-refractivity contribution >= 4 is 0 Å². The lowest BCUT2D eigenvalue weighted by atomic mass is 10.1. The molecule has 0 fully saturated rings. The van der Waals surface area contributed by atoms with Crippen LogP contribution in [0.5, 0.6) is 5.75 Å². The molecule has 1 aromatic heterocycles. The van der Waals surface area contributed by atoms with Crippen LogP contribution < -0.4 is 4.74 Å². The Morgan fingerprint density at radius 2 is 2.00 bits per heavy atom. The van der Waals surface area contributed by atoms with Crippen LogP contribution >= 0.6 is 0 Å². The molecule has 0 saturated heterocycles. The molecule has 0 bridgehead atoms. The third kappa shape index (κ3) is 3.17. The molecule has 0 atom stereocenters. The van der Waals surface area contributed by atoms with Gasteiger partial charge in [-0.1, -0.05) is 12.1 Å². The van der Waals surface area contributed by atoms with E-state index in [4.69, 9.17) is 4.74 Å². The van der Waals surface area contributed by atoms with Crippen LogP contribution in [0.2, 0.25) is 0 Å². The molecule has 0 aliphatic carbocycles. The van der Waals surface area contributed by atoms with Gasteiger partial charge in [0.25, 0.3) is 0 Å². The van der Waals surface area contributed by atoms with Crippen LogP contribution in [0.15, 0.2) is 18.2 Å². The summed E-state index contributed by atoms with van der Waals surface area (Å²) in [7, 11) is 1.65. The number of hydrogen-bond acceptors (Lipinski definition) is 4. The first-order chi connectivity index (χ1) is 9.30. The molecule has 2 rings (SSSR count). The van der Waals surface area contributed by atoms with Gasteiger partial charge in [0.2, 0.25) is 0 Å². The second-order valence-electron chi connectivity index (χ2n) is 5.64. The molecule has 0 aliphatic rings. The molecule has 20 heavy (non-hydrogen) atoms. The maximum absolute atomic E-state index is 9.98. The molecule has 1 aromatic carbocycles. The van der Waals surface area contributed by atoms with Gasteiger partial charge >= 0.3 is 0 Å². The van der Waals surface area contributed by atoms with E-state index in [1.807, 2.05) is 32.0 Å². The van der Waals surface area contributed by atoms with Gasteiger partial charge in [-0.2, -0.15) is 5.10 Å². The highest BCUT2D eigenvalue weighted by Gasteiger charge is 2.19. The number of hydrogen-bond donors (Lipinski definition) is 1. The molecule has 1 heterocycles. The summed E-state index contributed by atoms with van der Waals surface area (Å²) in [6.07, 6.45) is 0. The van der Waals surface area contributed by atoms with Crippen LogP contribution in [-0.2, 0) is 6.54 Å². The minimum absolute atomic E-state index is 0.388. The van der Waals surface area contributed by atoms with Crippen LogP contribution in [0.1, 0.15) is 25.2 Å². The number of methoxy groups -OCH3 is 1. The summed E-state index contributed by atoms with van der Waals surface area (Å²) in [5.41, 5.74) is 1.16. The molecule has 0 unspecified atom stereocenters. The summed E-state index contributed by atoms with van der Waals surface area (Å²) in [4.78, 5) is 4.46. The first-order valence-corrected chi connectivity index (χ1v) is 6.59. The molecule has 5 nitrogen and oxygen atoms in total. The third-order valence-corrected chi connectivity index (χ3v) is 2.98. The summed E-state index contributed by atoms with van der Waals surface area (Å²) < 4.78 is 7.08. The van der Waals surface area contributed by atoms with Crippen LogP contribution in [0.4, 0.5) is 0 Å². The van der Waals surface area contributed by atoms with E-state index in [2.05, 4.69) is 10.1 Å². The van der Waals surface area contributed by atoms with Crippen molar-refractivity contribution in [2.45, 2.75) is 39.8 Å². The topological polar surface area (TPSA) is 60.2 Å². The van der Waals surface area contributed by atoms with Gasteiger partial charge in [-0.15, -0.1) is 0 Å². The van der Waals surface area contributed by atoms with Gasteiger partial charge in [0, 0.05) is 5.56 Å². The average Bonchev–Trinajstić information content (AvgIpc) is 2.68. The Hall–Kier alpha value is -1.88. The highest BCUT2D eigenvalue weighted by atomic mass is 16.5. The van der Waals surface area contributed by atoms with E-state index < -0.39 is 5.60 Å². The Morgan fingerprint density at radius 1 is 1.30 bits per heavy atom. The molecule has 2 aromatic rings. The number of aromatic nitrogens is 3. The van der Waals surface area contributed by atoms with Gasteiger partial charge in [-0.05, 0) is 39.3 Å². The number of benzene rings is 1. The van der Waals surface area contributed by atoms with E-state index in [1.165, 1.54) is 0 Å². The average molecular weight is 275 g/mol. The molecule has 0 amide bonds. The quantitative estimate of drug-likeness (QED) is 0.930. The van der Waals surface area contributed by atoms with Gasteiger partial charge in [-0.3, -0.25) is 0 Å². The predicted molar refractivity (Wildman–Crippen MR) is 77.8 cm³/mol. The largest absolute Gasteiger partial charge is 0.496 e. The summed E-state index contributed by atoms with van der Waals surface area (Å²) in [6, 6.07) is 5.93. The molecule has 0 aliphatic heterocycles. The number of rotatable bonds is 4. The van der Waals surface area contributed by atoms with E-state index in [-0.39, 0.29) is 0 Å². The molecular formula is C15H21N3O2. The molecule has 0 spiro atoms. The summed E-state index contributed by atoms with van der Waals surface area (Å²) in [6.45, 7) is 7.73. The zero-order valence-corrected chi connectivity index (χ0v) is 12.6. The molecule has 1 N–H and O–H groups in total. The minimum Gasteiger partial charge on any atom is -0.496 e. The Morgan fingerprint density at radius 3 is 2.60 bits per heavy atom. The third-order valence-electron chi connectivity index (χ3n) is 2.98. The van der Waals surface area contributed by atoms with Gasteiger partial charge in [0.05, 0.1) is 19.3 Å². The first-order valence-electron chi connectivity index (χ1n) is 6.59.